The molecule has 0 bridgehead atoms. The number of carbonyl (C=O) groups is 1. The van der Waals surface area contributed by atoms with Crippen molar-refractivity contribution >= 4 is 21.6 Å². The van der Waals surface area contributed by atoms with Gasteiger partial charge >= 0.3 is 0 Å². The van der Waals surface area contributed by atoms with Crippen molar-refractivity contribution in [1.82, 2.24) is 4.31 Å². The van der Waals surface area contributed by atoms with Gasteiger partial charge in [-0.05, 0) is 53.9 Å². The van der Waals surface area contributed by atoms with Gasteiger partial charge in [0.1, 0.15) is 5.82 Å². The zero-order chi connectivity index (χ0) is 20.4. The normalized spacial score (nSPS) is 14.2. The molecule has 0 aliphatic carbocycles. The molecule has 4 rings (SSSR count). The molecule has 1 heterocycles. The molecule has 1 aliphatic heterocycles. The number of benzene rings is 3. The smallest absolute Gasteiger partial charge is 0.255 e. The summed E-state index contributed by atoms with van der Waals surface area (Å²) in [5, 5.41) is 2.49. The topological polar surface area (TPSA) is 66.5 Å². The van der Waals surface area contributed by atoms with Gasteiger partial charge in [0.2, 0.25) is 10.0 Å². The second-order valence-electron chi connectivity index (χ2n) is 6.82. The Balaban J connectivity index is 1.51. The number of sulfonamides is 1. The number of para-hydroxylation sites is 1. The van der Waals surface area contributed by atoms with Gasteiger partial charge in [-0.15, -0.1) is 0 Å². The van der Waals surface area contributed by atoms with Crippen LogP contribution in [0, 0.1) is 5.82 Å². The number of anilines is 1. The number of nitrogens with zero attached hydrogens (tertiary/aromatic N) is 1. The molecule has 29 heavy (non-hydrogen) atoms. The lowest BCUT2D eigenvalue weighted by Crippen LogP contribution is -2.35. The van der Waals surface area contributed by atoms with Crippen LogP contribution in [0.2, 0.25) is 0 Å². The maximum atomic E-state index is 13.7. The third kappa shape index (κ3) is 3.92. The number of hydrogen-bond donors (Lipinski definition) is 1. The van der Waals surface area contributed by atoms with E-state index in [9.17, 15) is 17.6 Å². The molecular formula is C22H19FN2O3S. The van der Waals surface area contributed by atoms with Gasteiger partial charge in [-0.3, -0.25) is 4.79 Å². The fourth-order valence-corrected chi connectivity index (χ4v) is 4.78. The maximum Gasteiger partial charge on any atom is 0.255 e. The molecule has 3 aromatic carbocycles. The third-order valence-corrected chi connectivity index (χ3v) is 6.83. The van der Waals surface area contributed by atoms with E-state index in [1.54, 1.807) is 6.07 Å². The van der Waals surface area contributed by atoms with E-state index in [2.05, 4.69) is 5.32 Å². The molecule has 0 aromatic heterocycles. The lowest BCUT2D eigenvalue weighted by molar-refractivity contribution is 0.102. The first kappa shape index (κ1) is 19.3. The number of amides is 1. The van der Waals surface area contributed by atoms with E-state index in [1.165, 1.54) is 52.3 Å². The van der Waals surface area contributed by atoms with E-state index >= 15 is 0 Å². The first-order chi connectivity index (χ1) is 13.9. The highest BCUT2D eigenvalue weighted by Gasteiger charge is 2.28. The van der Waals surface area contributed by atoms with Crippen LogP contribution in [-0.4, -0.2) is 25.2 Å². The van der Waals surface area contributed by atoms with Gasteiger partial charge in [0, 0.05) is 18.7 Å². The van der Waals surface area contributed by atoms with E-state index in [0.29, 0.717) is 19.5 Å². The number of rotatable bonds is 4. The van der Waals surface area contributed by atoms with Crippen LogP contribution >= 0.6 is 0 Å². The van der Waals surface area contributed by atoms with Gasteiger partial charge in [-0.2, -0.15) is 4.31 Å². The van der Waals surface area contributed by atoms with Gasteiger partial charge in [0.15, 0.2) is 0 Å². The van der Waals surface area contributed by atoms with Crippen molar-refractivity contribution < 1.29 is 17.6 Å². The largest absolute Gasteiger partial charge is 0.319 e. The van der Waals surface area contributed by atoms with Crippen molar-refractivity contribution in [3.05, 3.63) is 95.3 Å². The molecular weight excluding hydrogens is 391 g/mol. The van der Waals surface area contributed by atoms with E-state index in [4.69, 9.17) is 0 Å². The maximum absolute atomic E-state index is 13.7. The lowest BCUT2D eigenvalue weighted by atomic mass is 10.0. The Bertz CT molecular complexity index is 1160. The number of halogens is 1. The molecule has 0 saturated carbocycles. The van der Waals surface area contributed by atoms with E-state index < -0.39 is 21.7 Å². The average molecular weight is 410 g/mol. The summed E-state index contributed by atoms with van der Waals surface area (Å²) in [6.07, 6.45) is 0.665. The van der Waals surface area contributed by atoms with Crippen LogP contribution < -0.4 is 5.32 Å². The SMILES string of the molecule is O=C(Nc1ccccc1F)c1ccc(S(=O)(=O)N2CCc3ccccc3C2)cc1. The Morgan fingerprint density at radius 2 is 1.55 bits per heavy atom. The molecule has 7 heteroatoms. The molecule has 0 saturated heterocycles. The Morgan fingerprint density at radius 3 is 2.28 bits per heavy atom. The second kappa shape index (κ2) is 7.77. The summed E-state index contributed by atoms with van der Waals surface area (Å²) in [7, 11) is -3.67. The summed E-state index contributed by atoms with van der Waals surface area (Å²) in [4.78, 5) is 12.5. The van der Waals surface area contributed by atoms with Crippen LogP contribution in [0.5, 0.6) is 0 Å². The highest BCUT2D eigenvalue weighted by atomic mass is 32.2. The van der Waals surface area contributed by atoms with Crippen molar-refractivity contribution in [3.8, 4) is 0 Å². The number of hydrogen-bond acceptors (Lipinski definition) is 3. The summed E-state index contributed by atoms with van der Waals surface area (Å²) in [5.74, 6) is -1.05. The van der Waals surface area contributed by atoms with Crippen molar-refractivity contribution in [2.24, 2.45) is 0 Å². The minimum Gasteiger partial charge on any atom is -0.319 e. The zero-order valence-electron chi connectivity index (χ0n) is 15.5. The summed E-state index contributed by atoms with van der Waals surface area (Å²) >= 11 is 0. The third-order valence-electron chi connectivity index (χ3n) is 4.97. The standard InChI is InChI=1S/C22H19FN2O3S/c23-20-7-3-4-8-21(20)24-22(26)17-9-11-19(12-10-17)29(27,28)25-14-13-16-5-1-2-6-18(16)15-25/h1-12H,13-15H2,(H,24,26). The number of fused-ring (bicyclic) bond motifs is 1. The van der Waals surface area contributed by atoms with Crippen molar-refractivity contribution in [2.45, 2.75) is 17.9 Å². The van der Waals surface area contributed by atoms with Crippen molar-refractivity contribution in [2.75, 3.05) is 11.9 Å². The lowest BCUT2D eigenvalue weighted by Gasteiger charge is -2.28. The molecule has 3 aromatic rings. The Hall–Kier alpha value is -3.03. The van der Waals surface area contributed by atoms with Crippen LogP contribution in [0.25, 0.3) is 0 Å². The van der Waals surface area contributed by atoms with E-state index in [0.717, 1.165) is 5.56 Å². The molecule has 0 radical (unpaired) electrons. The summed E-state index contributed by atoms with van der Waals surface area (Å²) in [6, 6.07) is 19.3. The van der Waals surface area contributed by atoms with Crippen LogP contribution in [-0.2, 0) is 23.0 Å². The molecule has 1 amide bonds. The fourth-order valence-electron chi connectivity index (χ4n) is 3.36. The minimum atomic E-state index is -3.67. The molecule has 1 aliphatic rings. The summed E-state index contributed by atoms with van der Waals surface area (Å²) in [6.45, 7) is 0.739. The molecule has 1 N–H and O–H groups in total. The van der Waals surface area contributed by atoms with Crippen molar-refractivity contribution in [1.29, 1.82) is 0 Å². The van der Waals surface area contributed by atoms with Crippen molar-refractivity contribution in [3.63, 3.8) is 0 Å². The van der Waals surface area contributed by atoms with Gasteiger partial charge < -0.3 is 5.32 Å². The fraction of sp³-hybridized carbons (Fsp3) is 0.136. The van der Waals surface area contributed by atoms with Gasteiger partial charge in [-0.1, -0.05) is 36.4 Å². The molecule has 0 atom stereocenters. The molecule has 148 valence electrons. The summed E-state index contributed by atoms with van der Waals surface area (Å²) in [5.41, 5.74) is 2.49. The molecule has 5 nitrogen and oxygen atoms in total. The highest BCUT2D eigenvalue weighted by molar-refractivity contribution is 7.89. The monoisotopic (exact) mass is 410 g/mol. The summed E-state index contributed by atoms with van der Waals surface area (Å²) < 4.78 is 41.1. The molecule has 0 unspecified atom stereocenters. The second-order valence-corrected chi connectivity index (χ2v) is 8.75. The first-order valence-corrected chi connectivity index (χ1v) is 10.6. The van der Waals surface area contributed by atoms with E-state index in [-0.39, 0.29) is 16.1 Å². The van der Waals surface area contributed by atoms with Crippen LogP contribution in [0.3, 0.4) is 0 Å². The first-order valence-electron chi connectivity index (χ1n) is 9.18. The van der Waals surface area contributed by atoms with Gasteiger partial charge in [0.25, 0.3) is 5.91 Å². The van der Waals surface area contributed by atoms with Gasteiger partial charge in [-0.25, -0.2) is 12.8 Å². The molecule has 0 spiro atoms. The van der Waals surface area contributed by atoms with Crippen LogP contribution in [0.15, 0.2) is 77.7 Å². The highest BCUT2D eigenvalue weighted by Crippen LogP contribution is 2.25. The van der Waals surface area contributed by atoms with E-state index in [1.807, 2.05) is 24.3 Å². The Labute approximate surface area is 168 Å². The Kier molecular flexibility index (Phi) is 5.17. The average Bonchev–Trinajstić information content (AvgIpc) is 2.75. The number of nitrogens with one attached hydrogen (secondary N) is 1. The van der Waals surface area contributed by atoms with Gasteiger partial charge in [0.05, 0.1) is 10.6 Å². The number of carbonyl (C=O) groups excluding carboxylic acids is 1. The van der Waals surface area contributed by atoms with Crippen LogP contribution in [0.4, 0.5) is 10.1 Å². The molecule has 0 fully saturated rings. The Morgan fingerprint density at radius 1 is 0.897 bits per heavy atom. The quantitative estimate of drug-likeness (QED) is 0.711. The minimum absolute atomic E-state index is 0.0705. The predicted octanol–water partition coefficient (Wildman–Crippen LogP) is 3.83. The predicted molar refractivity (Wildman–Crippen MR) is 109 cm³/mol. The van der Waals surface area contributed by atoms with Crippen LogP contribution in [0.1, 0.15) is 21.5 Å². The zero-order valence-corrected chi connectivity index (χ0v) is 16.3.